The zero-order chi connectivity index (χ0) is 12.0. The van der Waals surface area contributed by atoms with Crippen LogP contribution in [0.4, 0.5) is 0 Å². The molecule has 90 valence electrons. The summed E-state index contributed by atoms with van der Waals surface area (Å²) in [5.74, 6) is 0.968. The van der Waals surface area contributed by atoms with Crippen molar-refractivity contribution in [2.45, 2.75) is 59.8 Å². The number of carbonyl (C=O) groups excluding carboxylic acids is 1. The number of rotatable bonds is 0. The van der Waals surface area contributed by atoms with Crippen LogP contribution >= 0.6 is 0 Å². The number of ketones is 1. The van der Waals surface area contributed by atoms with E-state index in [9.17, 15) is 4.79 Å². The molecule has 2 rings (SSSR count). The van der Waals surface area contributed by atoms with Gasteiger partial charge in [-0.25, -0.2) is 0 Å². The van der Waals surface area contributed by atoms with E-state index in [1.807, 2.05) is 0 Å². The first-order valence-electron chi connectivity index (χ1n) is 6.61. The minimum Gasteiger partial charge on any atom is -0.298 e. The van der Waals surface area contributed by atoms with Crippen LogP contribution < -0.4 is 0 Å². The maximum Gasteiger partial charge on any atom is 0.145 e. The summed E-state index contributed by atoms with van der Waals surface area (Å²) in [5, 5.41) is 0. The fourth-order valence-electron chi connectivity index (χ4n) is 3.74. The first-order chi connectivity index (χ1) is 7.38. The fourth-order valence-corrected chi connectivity index (χ4v) is 3.74. The van der Waals surface area contributed by atoms with E-state index < -0.39 is 0 Å². The largest absolute Gasteiger partial charge is 0.298 e. The van der Waals surface area contributed by atoms with Gasteiger partial charge in [-0.05, 0) is 38.5 Å². The second-order valence-electron chi connectivity index (χ2n) is 6.52. The Bertz CT molecular complexity index is 337. The zero-order valence-electron chi connectivity index (χ0n) is 11.1. The fraction of sp³-hybridized carbons (Fsp3) is 0.800. The third-order valence-electron chi connectivity index (χ3n) is 4.86. The van der Waals surface area contributed by atoms with Crippen molar-refractivity contribution in [1.29, 1.82) is 0 Å². The predicted molar refractivity (Wildman–Crippen MR) is 67.2 cm³/mol. The van der Waals surface area contributed by atoms with Crippen LogP contribution in [0.3, 0.4) is 0 Å². The van der Waals surface area contributed by atoms with Gasteiger partial charge < -0.3 is 0 Å². The molecule has 2 aliphatic carbocycles. The van der Waals surface area contributed by atoms with Crippen molar-refractivity contribution in [3.63, 3.8) is 0 Å². The second kappa shape index (κ2) is 3.72. The third-order valence-corrected chi connectivity index (χ3v) is 4.86. The smallest absolute Gasteiger partial charge is 0.145 e. The molecule has 2 atom stereocenters. The van der Waals surface area contributed by atoms with Gasteiger partial charge in [-0.3, -0.25) is 4.79 Å². The van der Waals surface area contributed by atoms with E-state index in [1.54, 1.807) is 0 Å². The molecule has 0 unspecified atom stereocenters. The van der Waals surface area contributed by atoms with Crippen molar-refractivity contribution in [2.75, 3.05) is 0 Å². The average Bonchev–Trinajstić information content (AvgIpc) is 2.19. The molecule has 16 heavy (non-hydrogen) atoms. The molecule has 0 amide bonds. The van der Waals surface area contributed by atoms with Crippen molar-refractivity contribution in [1.82, 2.24) is 0 Å². The Labute approximate surface area is 99.3 Å². The summed E-state index contributed by atoms with van der Waals surface area (Å²) >= 11 is 0. The molecule has 1 nitrogen and oxygen atoms in total. The summed E-state index contributed by atoms with van der Waals surface area (Å²) in [5.41, 5.74) is 1.35. The third kappa shape index (κ3) is 1.65. The number of Topliss-reactive ketones (excluding diaryl/α,β-unsaturated/α-hetero) is 1. The molecule has 1 fully saturated rings. The van der Waals surface area contributed by atoms with Crippen LogP contribution in [0.2, 0.25) is 0 Å². The number of hydrogen-bond donors (Lipinski definition) is 0. The molecule has 0 aromatic rings. The maximum atomic E-state index is 12.7. The Hall–Kier alpha value is -0.590. The van der Waals surface area contributed by atoms with E-state index in [2.05, 4.69) is 33.8 Å². The Morgan fingerprint density at radius 3 is 2.56 bits per heavy atom. The van der Waals surface area contributed by atoms with Crippen molar-refractivity contribution in [2.24, 2.45) is 16.7 Å². The van der Waals surface area contributed by atoms with E-state index in [1.165, 1.54) is 12.0 Å². The summed E-state index contributed by atoms with van der Waals surface area (Å²) in [7, 11) is 0. The van der Waals surface area contributed by atoms with Crippen molar-refractivity contribution in [3.05, 3.63) is 11.6 Å². The standard InChI is InChI=1S/C15H24O/c1-11-6-9-15(12(2)10-11)8-5-7-14(3,4)13(15)16/h10,12H,5-9H2,1-4H3/t12-,15+/m0/s1. The van der Waals surface area contributed by atoms with Crippen LogP contribution in [-0.4, -0.2) is 5.78 Å². The van der Waals surface area contributed by atoms with Gasteiger partial charge >= 0.3 is 0 Å². The normalized spacial score (nSPS) is 38.6. The van der Waals surface area contributed by atoms with Gasteiger partial charge in [-0.2, -0.15) is 0 Å². The molecule has 2 aliphatic rings. The van der Waals surface area contributed by atoms with E-state index >= 15 is 0 Å². The summed E-state index contributed by atoms with van der Waals surface area (Å²) in [4.78, 5) is 12.7. The minimum absolute atomic E-state index is 0.0265. The quantitative estimate of drug-likeness (QED) is 0.561. The number of allylic oxidation sites excluding steroid dienone is 2. The van der Waals surface area contributed by atoms with Gasteiger partial charge in [0.05, 0.1) is 0 Å². The van der Waals surface area contributed by atoms with Crippen molar-refractivity contribution >= 4 is 5.78 Å². The van der Waals surface area contributed by atoms with E-state index in [4.69, 9.17) is 0 Å². The van der Waals surface area contributed by atoms with Gasteiger partial charge in [0.1, 0.15) is 5.78 Å². The SMILES string of the molecule is CC1=C[C@H](C)[C@@]2(CCCC(C)(C)C2=O)CC1. The van der Waals surface area contributed by atoms with E-state index in [0.717, 1.165) is 25.7 Å². The molecule has 0 aliphatic heterocycles. The van der Waals surface area contributed by atoms with Crippen molar-refractivity contribution < 1.29 is 4.79 Å². The first-order valence-corrected chi connectivity index (χ1v) is 6.61. The molecule has 0 aromatic heterocycles. The lowest BCUT2D eigenvalue weighted by Crippen LogP contribution is -2.48. The average molecular weight is 220 g/mol. The molecule has 1 heteroatoms. The number of hydrogen-bond acceptors (Lipinski definition) is 1. The second-order valence-corrected chi connectivity index (χ2v) is 6.52. The highest BCUT2D eigenvalue weighted by atomic mass is 16.1. The monoisotopic (exact) mass is 220 g/mol. The molecule has 1 saturated carbocycles. The molecule has 1 spiro atoms. The first kappa shape index (κ1) is 11.9. The summed E-state index contributed by atoms with van der Waals surface area (Å²) in [6, 6.07) is 0. The molecule has 0 radical (unpaired) electrons. The molecule has 0 aromatic carbocycles. The van der Waals surface area contributed by atoms with Crippen LogP contribution in [0.15, 0.2) is 11.6 Å². The molecule has 0 saturated heterocycles. The lowest BCUT2D eigenvalue weighted by Gasteiger charge is -2.48. The highest BCUT2D eigenvalue weighted by Gasteiger charge is 2.51. The van der Waals surface area contributed by atoms with Gasteiger partial charge in [0.2, 0.25) is 0 Å². The zero-order valence-corrected chi connectivity index (χ0v) is 11.1. The topological polar surface area (TPSA) is 17.1 Å². The summed E-state index contributed by atoms with van der Waals surface area (Å²) in [6.07, 6.45) is 7.94. The van der Waals surface area contributed by atoms with Crippen LogP contribution in [-0.2, 0) is 4.79 Å². The van der Waals surface area contributed by atoms with Crippen molar-refractivity contribution in [3.8, 4) is 0 Å². The highest BCUT2D eigenvalue weighted by molar-refractivity contribution is 5.91. The van der Waals surface area contributed by atoms with Crippen LogP contribution in [0.25, 0.3) is 0 Å². The summed E-state index contributed by atoms with van der Waals surface area (Å²) in [6.45, 7) is 8.70. The maximum absolute atomic E-state index is 12.7. The van der Waals surface area contributed by atoms with Gasteiger partial charge in [-0.1, -0.05) is 38.8 Å². The molecule has 0 heterocycles. The van der Waals surface area contributed by atoms with E-state index in [0.29, 0.717) is 11.7 Å². The Balaban J connectivity index is 2.35. The lowest BCUT2D eigenvalue weighted by atomic mass is 9.54. The van der Waals surface area contributed by atoms with Gasteiger partial charge in [0.15, 0.2) is 0 Å². The molecular weight excluding hydrogens is 196 g/mol. The lowest BCUT2D eigenvalue weighted by molar-refractivity contribution is -0.145. The molecule has 0 N–H and O–H groups in total. The van der Waals surface area contributed by atoms with Gasteiger partial charge in [0, 0.05) is 10.8 Å². The number of carbonyl (C=O) groups is 1. The minimum atomic E-state index is -0.0917. The molecule has 0 bridgehead atoms. The van der Waals surface area contributed by atoms with E-state index in [-0.39, 0.29) is 10.8 Å². The van der Waals surface area contributed by atoms with Crippen LogP contribution in [0.5, 0.6) is 0 Å². The van der Waals surface area contributed by atoms with Gasteiger partial charge in [-0.15, -0.1) is 0 Å². The highest BCUT2D eigenvalue weighted by Crippen LogP contribution is 2.52. The Kier molecular flexibility index (Phi) is 2.76. The van der Waals surface area contributed by atoms with Crippen LogP contribution in [0, 0.1) is 16.7 Å². The Morgan fingerprint density at radius 2 is 1.94 bits per heavy atom. The Morgan fingerprint density at radius 1 is 1.25 bits per heavy atom. The summed E-state index contributed by atoms with van der Waals surface area (Å²) < 4.78 is 0. The van der Waals surface area contributed by atoms with Gasteiger partial charge in [0.25, 0.3) is 0 Å². The molecular formula is C15H24O. The van der Waals surface area contributed by atoms with Crippen LogP contribution in [0.1, 0.15) is 59.8 Å². The predicted octanol–water partition coefficient (Wildman–Crippen LogP) is 4.13.